The number of rotatable bonds is 7. The van der Waals surface area contributed by atoms with Gasteiger partial charge in [0.05, 0.1) is 12.8 Å². The Balaban J connectivity index is 1.42. The topological polar surface area (TPSA) is 100 Å². The minimum Gasteiger partial charge on any atom is -0.477 e. The summed E-state index contributed by atoms with van der Waals surface area (Å²) in [6, 6.07) is 30.7. The fraction of sp³-hybridized carbons (Fsp3) is 0.300. The van der Waals surface area contributed by atoms with E-state index in [-0.39, 0.29) is 16.7 Å². The summed E-state index contributed by atoms with van der Waals surface area (Å²) in [4.78, 5) is 15.6. The van der Waals surface area contributed by atoms with Crippen molar-refractivity contribution in [2.24, 2.45) is 5.92 Å². The van der Waals surface area contributed by atoms with Crippen LogP contribution in [0.4, 0.5) is 10.5 Å². The van der Waals surface area contributed by atoms with Crippen molar-refractivity contribution in [3.05, 3.63) is 142 Å². The van der Waals surface area contributed by atoms with Crippen molar-refractivity contribution in [1.82, 2.24) is 14.1 Å². The molecule has 2 heterocycles. The molecule has 0 radical (unpaired) electrons. The van der Waals surface area contributed by atoms with Crippen molar-refractivity contribution in [3.8, 4) is 5.88 Å². The molecule has 2 unspecified atom stereocenters. The fourth-order valence-corrected chi connectivity index (χ4v) is 9.91. The van der Waals surface area contributed by atoms with E-state index in [0.29, 0.717) is 29.8 Å². The van der Waals surface area contributed by atoms with Crippen LogP contribution >= 0.6 is 0 Å². The zero-order valence-electron chi connectivity index (χ0n) is 27.7. The molecule has 0 bridgehead atoms. The highest BCUT2D eigenvalue weighted by atomic mass is 32.2. The Morgan fingerprint density at radius 3 is 1.94 bits per heavy atom. The van der Waals surface area contributed by atoms with E-state index in [1.54, 1.807) is 4.68 Å². The lowest BCUT2D eigenvalue weighted by atomic mass is 9.77. The van der Waals surface area contributed by atoms with E-state index >= 15 is 9.00 Å². The van der Waals surface area contributed by atoms with Gasteiger partial charge in [0, 0.05) is 12.2 Å². The zero-order chi connectivity index (χ0) is 33.6. The monoisotopic (exact) mass is 671 g/mol. The number of carbonyl (C=O) groups excluding carboxylic acids is 1. The second-order valence-electron chi connectivity index (χ2n) is 13.5. The van der Waals surface area contributed by atoms with Gasteiger partial charge < -0.3 is 10.1 Å². The van der Waals surface area contributed by atoms with Crippen LogP contribution in [0.15, 0.2) is 108 Å². The van der Waals surface area contributed by atoms with Crippen LogP contribution in [-0.2, 0) is 47.7 Å². The van der Waals surface area contributed by atoms with E-state index in [2.05, 4.69) is 23.4 Å². The largest absolute Gasteiger partial charge is 0.477 e. The predicted octanol–water partition coefficient (Wildman–Crippen LogP) is 8.13. The lowest BCUT2D eigenvalue weighted by Crippen LogP contribution is -2.55. The minimum absolute atomic E-state index is 0.0902. The average molecular weight is 672 g/mol. The number of nitrogens with one attached hydrogen (secondary N) is 2. The summed E-state index contributed by atoms with van der Waals surface area (Å²) in [6.07, 6.45) is 8.03. The average Bonchev–Trinajstić information content (AvgIpc) is 3.87. The van der Waals surface area contributed by atoms with Crippen LogP contribution in [0, 0.1) is 10.7 Å². The Morgan fingerprint density at radius 1 is 0.878 bits per heavy atom. The van der Waals surface area contributed by atoms with E-state index in [1.165, 1.54) is 21.6 Å². The summed E-state index contributed by atoms with van der Waals surface area (Å²) in [6.45, 7) is 3.10. The Kier molecular flexibility index (Phi) is 8.02. The Hall–Kier alpha value is -4.89. The molecule has 0 saturated heterocycles. The molecule has 8 rings (SSSR count). The van der Waals surface area contributed by atoms with Crippen molar-refractivity contribution >= 4 is 21.6 Å². The third-order valence-electron chi connectivity index (χ3n) is 10.4. The molecule has 4 aromatic carbocycles. The Bertz CT molecular complexity index is 1980. The summed E-state index contributed by atoms with van der Waals surface area (Å²) in [5, 5.41) is 7.93. The molecule has 2 amide bonds. The highest BCUT2D eigenvalue weighted by Gasteiger charge is 2.51. The number of benzene rings is 4. The maximum atomic E-state index is 15.9. The number of anilines is 1. The van der Waals surface area contributed by atoms with E-state index in [9.17, 15) is 4.78 Å². The molecule has 1 aliphatic heterocycles. The Morgan fingerprint density at radius 2 is 1.41 bits per heavy atom. The van der Waals surface area contributed by atoms with Crippen molar-refractivity contribution in [3.63, 3.8) is 0 Å². The number of ether oxygens (including phenoxy) is 1. The van der Waals surface area contributed by atoms with E-state index < -0.39 is 21.5 Å². The van der Waals surface area contributed by atoms with Crippen LogP contribution < -0.4 is 10.1 Å². The molecular formula is C40H41N5O3S. The third kappa shape index (κ3) is 5.22. The maximum absolute atomic E-state index is 15.9. The molecule has 3 aliphatic rings. The number of aromatic nitrogens is 2. The molecule has 250 valence electrons. The number of aryl methyl sites for hydroxylation is 2. The molecule has 0 saturated carbocycles. The summed E-state index contributed by atoms with van der Waals surface area (Å²) in [7, 11) is -4.17. The first-order chi connectivity index (χ1) is 23.9. The zero-order valence-corrected chi connectivity index (χ0v) is 28.5. The summed E-state index contributed by atoms with van der Waals surface area (Å²) >= 11 is 0. The second-order valence-corrected chi connectivity index (χ2v) is 15.4. The minimum atomic E-state index is -4.17. The lowest BCUT2D eigenvalue weighted by molar-refractivity contribution is 0.217. The van der Waals surface area contributed by atoms with Crippen LogP contribution in [0.1, 0.15) is 65.1 Å². The second kappa shape index (κ2) is 12.5. The quantitative estimate of drug-likeness (QED) is 0.171. The van der Waals surface area contributed by atoms with Gasteiger partial charge in [0.25, 0.3) is 0 Å². The first kappa shape index (κ1) is 31.4. The van der Waals surface area contributed by atoms with Crippen molar-refractivity contribution < 1.29 is 13.7 Å². The van der Waals surface area contributed by atoms with Gasteiger partial charge >= 0.3 is 6.03 Å². The number of hydrogen-bond donors (Lipinski definition) is 2. The summed E-state index contributed by atoms with van der Waals surface area (Å²) in [5.74, 6) is 0.571. The molecule has 8 nitrogen and oxygen atoms in total. The number of urea groups is 1. The fourth-order valence-electron chi connectivity index (χ4n) is 8.14. The van der Waals surface area contributed by atoms with Crippen LogP contribution in [-0.4, -0.2) is 30.9 Å². The van der Waals surface area contributed by atoms with Gasteiger partial charge in [-0.15, -0.1) is 0 Å². The normalized spacial score (nSPS) is 17.9. The van der Waals surface area contributed by atoms with Gasteiger partial charge in [0.2, 0.25) is 5.88 Å². The molecule has 9 heteroatoms. The van der Waals surface area contributed by atoms with Crippen LogP contribution in [0.2, 0.25) is 0 Å². The van der Waals surface area contributed by atoms with Gasteiger partial charge in [-0.05, 0) is 89.8 Å². The molecule has 49 heavy (non-hydrogen) atoms. The maximum Gasteiger partial charge on any atom is 0.336 e. The van der Waals surface area contributed by atoms with Gasteiger partial charge in [-0.1, -0.05) is 104 Å². The number of hydrogen-bond acceptors (Lipinski definition) is 5. The van der Waals surface area contributed by atoms with Crippen LogP contribution in [0.3, 0.4) is 0 Å². The van der Waals surface area contributed by atoms with Gasteiger partial charge in [-0.2, -0.15) is 5.10 Å². The molecule has 2 N–H and O–H groups in total. The Labute approximate surface area is 288 Å². The molecular weight excluding hydrogens is 631 g/mol. The SMILES string of the molecule is CC1CCOc2c(S(=N)(=O)N(C(=O)Nc3c4c(cc5c3CCC5)CCC4)C(c3ccccc3)(c3ccccc3)c3ccccc3)cnn2C1. The third-order valence-corrected chi connectivity index (χ3v) is 12.2. The van der Waals surface area contributed by atoms with Gasteiger partial charge in [-0.25, -0.2) is 22.8 Å². The van der Waals surface area contributed by atoms with E-state index in [0.717, 1.165) is 61.8 Å². The van der Waals surface area contributed by atoms with Gasteiger partial charge in [0.1, 0.15) is 10.4 Å². The molecule has 2 aliphatic carbocycles. The van der Waals surface area contributed by atoms with Gasteiger partial charge in [0.15, 0.2) is 9.92 Å². The molecule has 0 fully saturated rings. The number of amides is 2. The smallest absolute Gasteiger partial charge is 0.336 e. The summed E-state index contributed by atoms with van der Waals surface area (Å²) in [5.41, 5.74) is 6.34. The van der Waals surface area contributed by atoms with E-state index in [1.807, 2.05) is 91.0 Å². The number of nitrogens with zero attached hydrogens (tertiary/aromatic N) is 3. The predicted molar refractivity (Wildman–Crippen MR) is 191 cm³/mol. The lowest BCUT2D eigenvalue weighted by Gasteiger charge is -2.45. The standard InChI is InChI=1S/C40H41N5O3S/c1-28-23-24-48-38-36(26-42-44(38)27-28)49(41,47)45(39(46)43-37-34-21-11-13-29(34)25-30-14-12-22-35(30)37)40(31-15-5-2-6-16-31,32-17-7-3-8-18-32)33-19-9-4-10-20-33/h2-10,15-20,25-26,28,41H,11-14,21-24,27H2,1H3,(H,43,46). The highest BCUT2D eigenvalue weighted by Crippen LogP contribution is 2.48. The van der Waals surface area contributed by atoms with Crippen molar-refractivity contribution in [1.29, 1.82) is 4.78 Å². The molecule has 1 aromatic heterocycles. The van der Waals surface area contributed by atoms with E-state index in [4.69, 9.17) is 4.74 Å². The van der Waals surface area contributed by atoms with Gasteiger partial charge in [-0.3, -0.25) is 0 Å². The first-order valence-corrected chi connectivity index (χ1v) is 18.8. The van der Waals surface area contributed by atoms with Crippen LogP contribution in [0.5, 0.6) is 5.88 Å². The van der Waals surface area contributed by atoms with Crippen molar-refractivity contribution in [2.75, 3.05) is 11.9 Å². The molecule has 5 aromatic rings. The van der Waals surface area contributed by atoms with Crippen molar-refractivity contribution in [2.45, 2.75) is 68.8 Å². The number of carbonyl (C=O) groups is 1. The van der Waals surface area contributed by atoms with Crippen LogP contribution in [0.25, 0.3) is 0 Å². The number of fused-ring (bicyclic) bond motifs is 3. The molecule has 0 spiro atoms. The molecule has 2 atom stereocenters. The first-order valence-electron chi connectivity index (χ1n) is 17.3. The highest BCUT2D eigenvalue weighted by molar-refractivity contribution is 7.90. The summed E-state index contributed by atoms with van der Waals surface area (Å²) < 4.78 is 35.2.